The molecule has 1 atom stereocenters. The Morgan fingerprint density at radius 1 is 1.30 bits per heavy atom. The van der Waals surface area contributed by atoms with E-state index in [0.717, 1.165) is 18.4 Å². The van der Waals surface area contributed by atoms with Gasteiger partial charge in [-0.3, -0.25) is 4.68 Å². The number of rotatable bonds is 5. The number of piperidine rings is 1. The van der Waals surface area contributed by atoms with E-state index in [0.29, 0.717) is 13.0 Å². The Labute approximate surface area is 163 Å². The number of benzene rings is 1. The molecular weight excluding hydrogens is 390 g/mol. The Bertz CT molecular complexity index is 899. The molecule has 2 aromatic rings. The van der Waals surface area contributed by atoms with E-state index in [4.69, 9.17) is 16.3 Å². The fraction of sp³-hybridized carbons (Fsp3) is 0.444. The Balaban J connectivity index is 1.69. The molecule has 0 N–H and O–H groups in total. The molecule has 0 bridgehead atoms. The van der Waals surface area contributed by atoms with Crippen LogP contribution in [-0.4, -0.2) is 47.5 Å². The number of carbonyl (C=O) groups excluding carboxylic acids is 1. The largest absolute Gasteiger partial charge is 0.445 e. The van der Waals surface area contributed by atoms with Crippen molar-refractivity contribution in [1.29, 1.82) is 0 Å². The number of nitrogens with zero attached hydrogens (tertiary/aromatic N) is 3. The van der Waals surface area contributed by atoms with Crippen molar-refractivity contribution in [3.8, 4) is 0 Å². The van der Waals surface area contributed by atoms with Gasteiger partial charge >= 0.3 is 6.09 Å². The van der Waals surface area contributed by atoms with Crippen LogP contribution in [0.3, 0.4) is 0 Å². The van der Waals surface area contributed by atoms with Gasteiger partial charge in [0.1, 0.15) is 6.61 Å². The molecule has 0 radical (unpaired) electrons. The lowest BCUT2D eigenvalue weighted by molar-refractivity contribution is 0.0728. The molecule has 0 saturated carbocycles. The van der Waals surface area contributed by atoms with Crippen molar-refractivity contribution in [1.82, 2.24) is 14.7 Å². The highest BCUT2D eigenvalue weighted by Crippen LogP contribution is 2.23. The van der Waals surface area contributed by atoms with Crippen molar-refractivity contribution in [2.75, 3.05) is 12.3 Å². The van der Waals surface area contributed by atoms with Gasteiger partial charge in [-0.1, -0.05) is 41.9 Å². The molecule has 7 nitrogen and oxygen atoms in total. The fourth-order valence-electron chi connectivity index (χ4n) is 3.26. The van der Waals surface area contributed by atoms with Gasteiger partial charge in [-0.25, -0.2) is 13.2 Å². The number of likely N-dealkylation sites (tertiary alicyclic amines) is 1. The first-order chi connectivity index (χ1) is 12.9. The molecule has 27 heavy (non-hydrogen) atoms. The third kappa shape index (κ3) is 4.81. The maximum atomic E-state index is 12.8. The SMILES string of the molecule is Cn1nc(Cl)cc1S(=O)(=O)CC1CCCCN1C(=O)OCc1ccccc1. The predicted octanol–water partition coefficient (Wildman–Crippen LogP) is 3.04. The van der Waals surface area contributed by atoms with Gasteiger partial charge in [0.15, 0.2) is 20.0 Å². The first kappa shape index (κ1) is 19.7. The Hall–Kier alpha value is -2.06. The molecule has 1 aliphatic rings. The zero-order valence-electron chi connectivity index (χ0n) is 15.0. The third-order valence-electron chi connectivity index (χ3n) is 4.60. The van der Waals surface area contributed by atoms with Crippen LogP contribution in [0.15, 0.2) is 41.4 Å². The number of hydrogen-bond acceptors (Lipinski definition) is 5. The van der Waals surface area contributed by atoms with Crippen LogP contribution in [0.2, 0.25) is 5.15 Å². The summed E-state index contributed by atoms with van der Waals surface area (Å²) in [5, 5.41) is 4.06. The normalized spacial score (nSPS) is 17.7. The number of aromatic nitrogens is 2. The van der Waals surface area contributed by atoms with Gasteiger partial charge in [-0.05, 0) is 24.8 Å². The van der Waals surface area contributed by atoms with Gasteiger partial charge < -0.3 is 9.64 Å². The van der Waals surface area contributed by atoms with Crippen molar-refractivity contribution in [3.63, 3.8) is 0 Å². The van der Waals surface area contributed by atoms with Crippen LogP contribution in [-0.2, 0) is 28.2 Å². The lowest BCUT2D eigenvalue weighted by atomic mass is 10.0. The van der Waals surface area contributed by atoms with Gasteiger partial charge in [-0.15, -0.1) is 0 Å². The fourth-order valence-corrected chi connectivity index (χ4v) is 5.30. The number of halogens is 1. The molecule has 1 unspecified atom stereocenters. The molecule has 0 spiro atoms. The van der Waals surface area contributed by atoms with E-state index < -0.39 is 22.0 Å². The maximum Gasteiger partial charge on any atom is 0.410 e. The standard InChI is InChI=1S/C18H22ClN3O4S/c1-21-17(11-16(19)20-21)27(24,25)13-15-9-5-6-10-22(15)18(23)26-12-14-7-3-2-4-8-14/h2-4,7-8,11,15H,5-6,9-10,12-13H2,1H3. The summed E-state index contributed by atoms with van der Waals surface area (Å²) >= 11 is 5.81. The van der Waals surface area contributed by atoms with E-state index in [1.807, 2.05) is 30.3 Å². The van der Waals surface area contributed by atoms with Gasteiger partial charge in [0.25, 0.3) is 0 Å². The summed E-state index contributed by atoms with van der Waals surface area (Å²) in [5.41, 5.74) is 0.886. The molecule has 1 fully saturated rings. The van der Waals surface area contributed by atoms with Crippen LogP contribution in [0.1, 0.15) is 24.8 Å². The number of amides is 1. The van der Waals surface area contributed by atoms with Gasteiger partial charge in [0.2, 0.25) is 0 Å². The average molecular weight is 412 g/mol. The highest BCUT2D eigenvalue weighted by atomic mass is 35.5. The van der Waals surface area contributed by atoms with Crippen molar-refractivity contribution in [3.05, 3.63) is 47.1 Å². The quantitative estimate of drug-likeness (QED) is 0.755. The highest BCUT2D eigenvalue weighted by molar-refractivity contribution is 7.91. The summed E-state index contributed by atoms with van der Waals surface area (Å²) in [7, 11) is -2.10. The smallest absolute Gasteiger partial charge is 0.410 e. The molecule has 0 aliphatic carbocycles. The summed E-state index contributed by atoms with van der Waals surface area (Å²) in [6.07, 6.45) is 1.83. The average Bonchev–Trinajstić information content (AvgIpc) is 3.00. The zero-order valence-corrected chi connectivity index (χ0v) is 16.6. The topological polar surface area (TPSA) is 81.5 Å². The summed E-state index contributed by atoms with van der Waals surface area (Å²) in [6, 6.07) is 10.3. The summed E-state index contributed by atoms with van der Waals surface area (Å²) in [5.74, 6) is -0.177. The third-order valence-corrected chi connectivity index (χ3v) is 6.63. The summed E-state index contributed by atoms with van der Waals surface area (Å²) in [4.78, 5) is 14.1. The molecule has 146 valence electrons. The number of sulfone groups is 1. The number of hydrogen-bond donors (Lipinski definition) is 0. The van der Waals surface area contributed by atoms with Crippen molar-refractivity contribution in [2.45, 2.75) is 36.9 Å². The molecule has 9 heteroatoms. The monoisotopic (exact) mass is 411 g/mol. The minimum atomic E-state index is -3.64. The van der Waals surface area contributed by atoms with E-state index >= 15 is 0 Å². The highest BCUT2D eigenvalue weighted by Gasteiger charge is 2.33. The van der Waals surface area contributed by atoms with E-state index in [9.17, 15) is 13.2 Å². The number of aryl methyl sites for hydroxylation is 1. The Morgan fingerprint density at radius 2 is 2.04 bits per heavy atom. The minimum Gasteiger partial charge on any atom is -0.445 e. The van der Waals surface area contributed by atoms with Crippen LogP contribution in [0.4, 0.5) is 4.79 Å². The van der Waals surface area contributed by atoms with E-state index in [1.165, 1.54) is 22.7 Å². The van der Waals surface area contributed by atoms with E-state index in [-0.39, 0.29) is 22.5 Å². The second-order valence-electron chi connectivity index (χ2n) is 6.59. The second kappa shape index (κ2) is 8.31. The summed E-state index contributed by atoms with van der Waals surface area (Å²) in [6.45, 7) is 0.646. The number of ether oxygens (including phenoxy) is 1. The lowest BCUT2D eigenvalue weighted by Crippen LogP contribution is -2.47. The van der Waals surface area contributed by atoms with Gasteiger partial charge in [-0.2, -0.15) is 5.10 Å². The van der Waals surface area contributed by atoms with Crippen molar-refractivity contribution >= 4 is 27.5 Å². The molecule has 1 aliphatic heterocycles. The molecule has 1 aromatic heterocycles. The van der Waals surface area contributed by atoms with Crippen LogP contribution in [0.25, 0.3) is 0 Å². The summed E-state index contributed by atoms with van der Waals surface area (Å²) < 4.78 is 32.2. The second-order valence-corrected chi connectivity index (χ2v) is 8.96. The predicted molar refractivity (Wildman–Crippen MR) is 101 cm³/mol. The maximum absolute atomic E-state index is 12.8. The lowest BCUT2D eigenvalue weighted by Gasteiger charge is -2.34. The van der Waals surface area contributed by atoms with Crippen molar-refractivity contribution < 1.29 is 17.9 Å². The molecule has 1 saturated heterocycles. The molecular formula is C18H22ClN3O4S. The first-order valence-electron chi connectivity index (χ1n) is 8.76. The van der Waals surface area contributed by atoms with Gasteiger partial charge in [0, 0.05) is 25.7 Å². The molecule has 1 amide bonds. The Kier molecular flexibility index (Phi) is 6.06. The first-order valence-corrected chi connectivity index (χ1v) is 10.8. The van der Waals surface area contributed by atoms with Crippen molar-refractivity contribution in [2.24, 2.45) is 7.05 Å². The molecule has 3 rings (SSSR count). The van der Waals surface area contributed by atoms with Gasteiger partial charge in [0.05, 0.1) is 5.75 Å². The van der Waals surface area contributed by atoms with E-state index in [1.54, 1.807) is 0 Å². The van der Waals surface area contributed by atoms with Crippen LogP contribution in [0.5, 0.6) is 0 Å². The van der Waals surface area contributed by atoms with Crippen LogP contribution in [0, 0.1) is 0 Å². The van der Waals surface area contributed by atoms with E-state index in [2.05, 4.69) is 5.10 Å². The molecule has 2 heterocycles. The zero-order chi connectivity index (χ0) is 19.4. The number of carbonyl (C=O) groups is 1. The Morgan fingerprint density at radius 3 is 2.70 bits per heavy atom. The van der Waals surface area contributed by atoms with Crippen LogP contribution < -0.4 is 0 Å². The molecule has 1 aromatic carbocycles. The minimum absolute atomic E-state index is 0.0516. The van der Waals surface area contributed by atoms with Crippen LogP contribution >= 0.6 is 11.6 Å².